The third-order valence-corrected chi connectivity index (χ3v) is 9.82. The first-order valence-corrected chi connectivity index (χ1v) is 18.1. The number of imide groups is 1. The molecule has 0 spiro atoms. The molecular formula is C40H51N5O10. The van der Waals surface area contributed by atoms with Crippen LogP contribution in [0.4, 0.5) is 9.59 Å². The van der Waals surface area contributed by atoms with E-state index in [9.17, 15) is 33.9 Å². The SMILES string of the molecule is CO[C@H]1/C=C/C=C(/C)C(=O)NC2=CC(=O)C(NCCN3C(=O)N[C@H](Cc4ccccc4)C3=O)=C(C[C@@H](C)C[C@H](OC)[C@H](O)[C@@H](C)/C=C(\C)[C@@H]1OC(N)=O)C2=O. The standard InChI is InChI=1S/C40H51N5O10/c1-22-17-27-33(42-15-16-45-38(50)29(44-40(45)52)20-26-12-8-7-9-13-26)30(46)21-28(35(27)48)43-37(49)23(2)11-10-14-31(53-5)36(55-39(41)51)25(4)19-24(3)34(47)32(18-22)54-6/h7-14,19,21-22,24,29,31-32,34,36,42,47H,15-18,20H2,1-6H3,(H2,41,51)(H,43,49)(H,44,52)/b14-10+,23-11-,25-19+/t22-,24+,29-,31+,32+,34-,36+/m1/s1. The summed E-state index contributed by atoms with van der Waals surface area (Å²) in [5.41, 5.74) is 6.85. The molecule has 1 aromatic carbocycles. The predicted octanol–water partition coefficient (Wildman–Crippen LogP) is 2.51. The van der Waals surface area contributed by atoms with E-state index in [1.165, 1.54) is 33.3 Å². The summed E-state index contributed by atoms with van der Waals surface area (Å²) in [6, 6.07) is 8.00. The number of urea groups is 1. The molecule has 1 saturated heterocycles. The zero-order valence-corrected chi connectivity index (χ0v) is 32.0. The van der Waals surface area contributed by atoms with Gasteiger partial charge in [0, 0.05) is 56.9 Å². The van der Waals surface area contributed by atoms with Crippen LogP contribution in [0.3, 0.4) is 0 Å². The molecule has 1 aliphatic carbocycles. The molecule has 15 heteroatoms. The van der Waals surface area contributed by atoms with E-state index in [1.54, 1.807) is 26.0 Å². The molecule has 0 unspecified atom stereocenters. The number of primary amides is 1. The van der Waals surface area contributed by atoms with E-state index < -0.39 is 71.9 Å². The van der Waals surface area contributed by atoms with Gasteiger partial charge in [-0.3, -0.25) is 24.1 Å². The Balaban J connectivity index is 1.62. The van der Waals surface area contributed by atoms with Gasteiger partial charge in [0.05, 0.1) is 23.6 Å². The molecule has 4 rings (SSSR count). The van der Waals surface area contributed by atoms with Crippen molar-refractivity contribution in [1.82, 2.24) is 20.9 Å². The number of amides is 5. The lowest BCUT2D eigenvalue weighted by Crippen LogP contribution is -2.40. The first-order valence-electron chi connectivity index (χ1n) is 18.1. The van der Waals surface area contributed by atoms with Gasteiger partial charge in [0.25, 0.3) is 11.8 Å². The lowest BCUT2D eigenvalue weighted by molar-refractivity contribution is -0.127. The number of aliphatic hydroxyl groups is 1. The maximum atomic E-state index is 14.0. The van der Waals surface area contributed by atoms with Crippen LogP contribution in [-0.2, 0) is 39.8 Å². The number of fused-ring (bicyclic) bond motifs is 2. The number of benzene rings is 1. The van der Waals surface area contributed by atoms with Gasteiger partial charge in [-0.2, -0.15) is 0 Å². The summed E-state index contributed by atoms with van der Waals surface area (Å²) in [5, 5.41) is 19.7. The molecule has 55 heavy (non-hydrogen) atoms. The highest BCUT2D eigenvalue weighted by Gasteiger charge is 2.38. The smallest absolute Gasteiger partial charge is 0.405 e. The number of hydrogen-bond acceptors (Lipinski definition) is 11. The summed E-state index contributed by atoms with van der Waals surface area (Å²) >= 11 is 0. The first-order chi connectivity index (χ1) is 26.1. The summed E-state index contributed by atoms with van der Waals surface area (Å²) in [4.78, 5) is 79.7. The van der Waals surface area contributed by atoms with Crippen LogP contribution in [0.15, 0.2) is 88.8 Å². The Morgan fingerprint density at radius 2 is 1.76 bits per heavy atom. The third-order valence-electron chi connectivity index (χ3n) is 9.82. The van der Waals surface area contributed by atoms with Crippen LogP contribution in [-0.4, -0.2) is 103 Å². The second kappa shape index (κ2) is 19.3. The average Bonchev–Trinajstić information content (AvgIpc) is 3.41. The Bertz CT molecular complexity index is 1800. The molecule has 1 aromatic rings. The number of hydrogen-bond donors (Lipinski definition) is 5. The minimum atomic E-state index is -1.04. The Labute approximate surface area is 320 Å². The Morgan fingerprint density at radius 3 is 2.42 bits per heavy atom. The molecule has 0 saturated carbocycles. The topological polar surface area (TPSA) is 216 Å². The summed E-state index contributed by atoms with van der Waals surface area (Å²) in [6.45, 7) is 6.73. The number of carbonyl (C=O) groups excluding carboxylic acids is 6. The zero-order chi connectivity index (χ0) is 40.4. The van der Waals surface area contributed by atoms with Crippen LogP contribution < -0.4 is 21.7 Å². The number of Topliss-reactive ketones (excluding diaryl/α,β-unsaturated/α-hetero) is 1. The fraction of sp³-hybridized carbons (Fsp3) is 0.450. The van der Waals surface area contributed by atoms with Crippen LogP contribution in [0.1, 0.15) is 46.1 Å². The number of nitrogens with one attached hydrogen (secondary N) is 3. The van der Waals surface area contributed by atoms with Crippen molar-refractivity contribution in [3.63, 3.8) is 0 Å². The van der Waals surface area contributed by atoms with Crippen LogP contribution in [0, 0.1) is 11.8 Å². The largest absolute Gasteiger partial charge is 0.439 e. The lowest BCUT2D eigenvalue weighted by Gasteiger charge is -2.30. The van der Waals surface area contributed by atoms with Crippen molar-refractivity contribution in [3.8, 4) is 0 Å². The van der Waals surface area contributed by atoms with Crippen molar-refractivity contribution in [2.45, 2.75) is 77.4 Å². The summed E-state index contributed by atoms with van der Waals surface area (Å²) in [5.74, 6) is -3.06. The molecule has 0 radical (unpaired) electrons. The number of nitrogens with zero attached hydrogens (tertiary/aromatic N) is 1. The van der Waals surface area contributed by atoms with Gasteiger partial charge in [-0.1, -0.05) is 68.5 Å². The van der Waals surface area contributed by atoms with Crippen molar-refractivity contribution in [1.29, 1.82) is 0 Å². The van der Waals surface area contributed by atoms with Crippen LogP contribution in [0.5, 0.6) is 0 Å². The van der Waals surface area contributed by atoms with Crippen molar-refractivity contribution in [2.24, 2.45) is 17.6 Å². The average molecular weight is 762 g/mol. The van der Waals surface area contributed by atoms with Gasteiger partial charge in [-0.25, -0.2) is 9.59 Å². The highest BCUT2D eigenvalue weighted by atomic mass is 16.6. The monoisotopic (exact) mass is 761 g/mol. The maximum Gasteiger partial charge on any atom is 0.405 e. The number of ether oxygens (including phenoxy) is 3. The highest BCUT2D eigenvalue weighted by molar-refractivity contribution is 6.23. The minimum Gasteiger partial charge on any atom is -0.439 e. The predicted molar refractivity (Wildman–Crippen MR) is 202 cm³/mol. The number of carbonyl (C=O) groups is 6. The number of nitrogens with two attached hydrogens (primary N) is 1. The van der Waals surface area contributed by atoms with E-state index in [4.69, 9.17) is 19.9 Å². The normalized spacial score (nSPS) is 29.7. The van der Waals surface area contributed by atoms with Gasteiger partial charge < -0.3 is 41.0 Å². The molecule has 2 heterocycles. The van der Waals surface area contributed by atoms with Gasteiger partial charge in [0.15, 0.2) is 6.10 Å². The summed E-state index contributed by atoms with van der Waals surface area (Å²) in [7, 11) is 2.87. The second-order valence-electron chi connectivity index (χ2n) is 14.0. The van der Waals surface area contributed by atoms with Crippen molar-refractivity contribution in [3.05, 3.63) is 94.4 Å². The molecule has 5 amide bonds. The summed E-state index contributed by atoms with van der Waals surface area (Å²) < 4.78 is 16.7. The first kappa shape index (κ1) is 42.4. The second-order valence-corrected chi connectivity index (χ2v) is 14.0. The van der Waals surface area contributed by atoms with Gasteiger partial charge in [-0.15, -0.1) is 0 Å². The summed E-state index contributed by atoms with van der Waals surface area (Å²) in [6.07, 6.45) is 3.38. The van der Waals surface area contributed by atoms with Gasteiger partial charge in [0.2, 0.25) is 11.6 Å². The van der Waals surface area contributed by atoms with Gasteiger partial charge in [0.1, 0.15) is 12.1 Å². The van der Waals surface area contributed by atoms with E-state index >= 15 is 0 Å². The minimum absolute atomic E-state index is 0.0173. The van der Waals surface area contributed by atoms with Crippen LogP contribution in [0.25, 0.3) is 0 Å². The van der Waals surface area contributed by atoms with E-state index in [0.29, 0.717) is 12.0 Å². The number of allylic oxidation sites excluding steroid dienone is 4. The van der Waals surface area contributed by atoms with Crippen molar-refractivity contribution in [2.75, 3.05) is 27.3 Å². The van der Waals surface area contributed by atoms with Gasteiger partial charge in [-0.05, 0) is 43.7 Å². The zero-order valence-electron chi connectivity index (χ0n) is 32.0. The Kier molecular flexibility index (Phi) is 14.9. The number of rotatable bonds is 9. The quantitative estimate of drug-likeness (QED) is 0.140. The van der Waals surface area contributed by atoms with Crippen LogP contribution >= 0.6 is 0 Å². The van der Waals surface area contributed by atoms with Crippen LogP contribution in [0.2, 0.25) is 0 Å². The maximum absolute atomic E-state index is 14.0. The molecule has 296 valence electrons. The molecule has 15 nitrogen and oxygen atoms in total. The molecule has 2 bridgehead atoms. The van der Waals surface area contributed by atoms with Crippen molar-refractivity contribution >= 4 is 35.5 Å². The number of ketones is 2. The molecule has 0 aromatic heterocycles. The molecule has 2 aliphatic heterocycles. The number of methoxy groups -OCH3 is 2. The Morgan fingerprint density at radius 1 is 1.05 bits per heavy atom. The molecule has 3 aliphatic rings. The van der Waals surface area contributed by atoms with E-state index in [1.807, 2.05) is 37.3 Å². The van der Waals surface area contributed by atoms with E-state index in [2.05, 4.69) is 16.0 Å². The molecular weight excluding hydrogens is 710 g/mol. The fourth-order valence-corrected chi connectivity index (χ4v) is 6.85. The van der Waals surface area contributed by atoms with Gasteiger partial charge >= 0.3 is 12.1 Å². The Hall–Kier alpha value is -5.38. The third kappa shape index (κ3) is 10.9. The van der Waals surface area contributed by atoms with Crippen molar-refractivity contribution < 1.29 is 48.1 Å². The van der Waals surface area contributed by atoms with E-state index in [-0.39, 0.29) is 54.4 Å². The highest BCUT2D eigenvalue weighted by Crippen LogP contribution is 2.29. The number of aliphatic hydroxyl groups excluding tert-OH is 1. The lowest BCUT2D eigenvalue weighted by atomic mass is 9.85. The molecule has 7 atom stereocenters. The molecule has 1 fully saturated rings. The fourth-order valence-electron chi connectivity index (χ4n) is 6.85. The molecule has 6 N–H and O–H groups in total. The van der Waals surface area contributed by atoms with E-state index in [0.717, 1.165) is 16.5 Å².